The van der Waals surface area contributed by atoms with Gasteiger partial charge >= 0.3 is 0 Å². The first-order valence-electron chi connectivity index (χ1n) is 5.48. The Kier molecular flexibility index (Phi) is 5.30. The van der Waals surface area contributed by atoms with Crippen LogP contribution in [0.15, 0.2) is 17.5 Å². The monoisotopic (exact) mass is 275 g/mol. The van der Waals surface area contributed by atoms with Crippen molar-refractivity contribution in [2.75, 3.05) is 11.5 Å². The van der Waals surface area contributed by atoms with Crippen molar-refractivity contribution in [1.29, 1.82) is 0 Å². The molecule has 1 aromatic heterocycles. The molecule has 1 rings (SSSR count). The summed E-state index contributed by atoms with van der Waals surface area (Å²) < 4.78 is 22.5. The Morgan fingerprint density at radius 3 is 2.76 bits per heavy atom. The summed E-state index contributed by atoms with van der Waals surface area (Å²) >= 11 is 1.44. The van der Waals surface area contributed by atoms with Crippen LogP contribution in [0.4, 0.5) is 0 Å². The molecule has 0 fully saturated rings. The Labute approximate surface area is 106 Å². The first kappa shape index (κ1) is 14.3. The van der Waals surface area contributed by atoms with Gasteiger partial charge in [0.05, 0.1) is 11.8 Å². The van der Waals surface area contributed by atoms with Crippen LogP contribution in [0.1, 0.15) is 30.7 Å². The molecule has 6 heteroatoms. The van der Waals surface area contributed by atoms with Crippen LogP contribution in [0, 0.1) is 0 Å². The summed E-state index contributed by atoms with van der Waals surface area (Å²) in [6, 6.07) is 3.05. The molecule has 1 atom stereocenters. The number of carbonyl (C=O) groups is 1. The van der Waals surface area contributed by atoms with E-state index >= 15 is 0 Å². The van der Waals surface area contributed by atoms with Gasteiger partial charge < -0.3 is 5.73 Å². The fourth-order valence-electron chi connectivity index (χ4n) is 1.39. The molecule has 0 aliphatic rings. The predicted octanol–water partition coefficient (Wildman–Crippen LogP) is 1.53. The molecule has 1 aromatic rings. The molecule has 0 radical (unpaired) electrons. The molecular weight excluding hydrogens is 258 g/mol. The van der Waals surface area contributed by atoms with E-state index in [9.17, 15) is 13.2 Å². The molecule has 0 bridgehead atoms. The number of ketones is 1. The van der Waals surface area contributed by atoms with Crippen LogP contribution in [0.5, 0.6) is 0 Å². The van der Waals surface area contributed by atoms with Gasteiger partial charge in [0.15, 0.2) is 5.78 Å². The summed E-state index contributed by atoms with van der Waals surface area (Å²) in [5.74, 6) is 0.0867. The number of hydrogen-bond acceptors (Lipinski definition) is 5. The van der Waals surface area contributed by atoms with E-state index in [0.717, 1.165) is 4.88 Å². The van der Waals surface area contributed by atoms with Gasteiger partial charge in [-0.1, -0.05) is 13.0 Å². The van der Waals surface area contributed by atoms with Gasteiger partial charge in [0.25, 0.3) is 0 Å². The Balaban J connectivity index is 2.41. The lowest BCUT2D eigenvalue weighted by Crippen LogP contribution is -2.21. The Hall–Kier alpha value is -0.720. The van der Waals surface area contributed by atoms with E-state index in [2.05, 4.69) is 0 Å². The van der Waals surface area contributed by atoms with E-state index in [4.69, 9.17) is 5.73 Å². The van der Waals surface area contributed by atoms with Gasteiger partial charge in [-0.25, -0.2) is 8.42 Å². The molecule has 0 saturated heterocycles. The molecule has 1 unspecified atom stereocenters. The fourth-order valence-corrected chi connectivity index (χ4v) is 3.02. The summed E-state index contributed by atoms with van der Waals surface area (Å²) in [5, 5.41) is 1.87. The van der Waals surface area contributed by atoms with Crippen LogP contribution in [0.2, 0.25) is 0 Å². The first-order valence-corrected chi connectivity index (χ1v) is 8.18. The van der Waals surface area contributed by atoms with Crippen molar-refractivity contribution in [1.82, 2.24) is 0 Å². The van der Waals surface area contributed by atoms with Gasteiger partial charge in [0.1, 0.15) is 9.84 Å². The Bertz CT molecular complexity index is 451. The van der Waals surface area contributed by atoms with E-state index in [1.165, 1.54) is 11.3 Å². The van der Waals surface area contributed by atoms with Crippen molar-refractivity contribution in [3.63, 3.8) is 0 Å². The normalized spacial score (nSPS) is 13.5. The van der Waals surface area contributed by atoms with E-state index in [1.54, 1.807) is 6.92 Å². The Morgan fingerprint density at radius 2 is 2.24 bits per heavy atom. The minimum atomic E-state index is -2.99. The maximum absolute atomic E-state index is 11.7. The summed E-state index contributed by atoms with van der Waals surface area (Å²) in [5.41, 5.74) is 5.78. The molecule has 0 aromatic carbocycles. The zero-order valence-corrected chi connectivity index (χ0v) is 11.4. The average Bonchev–Trinajstić information content (AvgIpc) is 2.81. The second kappa shape index (κ2) is 6.28. The maximum Gasteiger partial charge on any atom is 0.154 e. The summed E-state index contributed by atoms with van der Waals surface area (Å²) in [4.78, 5) is 12.5. The smallest absolute Gasteiger partial charge is 0.154 e. The predicted molar refractivity (Wildman–Crippen MR) is 69.8 cm³/mol. The SMILES string of the molecule is CCS(=O)(=O)CCCC(=O)C(N)c1cccs1. The third-order valence-electron chi connectivity index (χ3n) is 2.51. The van der Waals surface area contributed by atoms with Crippen molar-refractivity contribution < 1.29 is 13.2 Å². The highest BCUT2D eigenvalue weighted by molar-refractivity contribution is 7.91. The van der Waals surface area contributed by atoms with E-state index in [0.29, 0.717) is 6.42 Å². The minimum Gasteiger partial charge on any atom is -0.317 e. The largest absolute Gasteiger partial charge is 0.317 e. The van der Waals surface area contributed by atoms with Crippen LogP contribution < -0.4 is 5.73 Å². The molecular formula is C11H17NO3S2. The molecule has 0 spiro atoms. The highest BCUT2D eigenvalue weighted by Gasteiger charge is 2.17. The van der Waals surface area contributed by atoms with Gasteiger partial charge in [0.2, 0.25) is 0 Å². The molecule has 0 aliphatic heterocycles. The van der Waals surface area contributed by atoms with Crippen molar-refractivity contribution in [3.05, 3.63) is 22.4 Å². The molecule has 0 aliphatic carbocycles. The van der Waals surface area contributed by atoms with Crippen molar-refractivity contribution in [2.45, 2.75) is 25.8 Å². The lowest BCUT2D eigenvalue weighted by atomic mass is 10.1. The Morgan fingerprint density at radius 1 is 1.53 bits per heavy atom. The number of Topliss-reactive ketones (excluding diaryl/α,β-unsaturated/α-hetero) is 1. The van der Waals surface area contributed by atoms with Crippen LogP contribution in [0.3, 0.4) is 0 Å². The van der Waals surface area contributed by atoms with Crippen molar-refractivity contribution in [3.8, 4) is 0 Å². The number of rotatable bonds is 7. The van der Waals surface area contributed by atoms with Crippen LogP contribution in [-0.2, 0) is 14.6 Å². The second-order valence-corrected chi connectivity index (χ2v) is 7.25. The first-order chi connectivity index (χ1) is 7.96. The van der Waals surface area contributed by atoms with Gasteiger partial charge in [-0.2, -0.15) is 0 Å². The number of thiophene rings is 1. The zero-order valence-electron chi connectivity index (χ0n) is 9.76. The molecule has 96 valence electrons. The molecule has 0 saturated carbocycles. The molecule has 4 nitrogen and oxygen atoms in total. The summed E-state index contributed by atoms with van der Waals surface area (Å²) in [7, 11) is -2.99. The number of carbonyl (C=O) groups excluding carboxylic acids is 1. The van der Waals surface area contributed by atoms with E-state index in [1.807, 2.05) is 17.5 Å². The third-order valence-corrected chi connectivity index (χ3v) is 5.26. The molecule has 0 amide bonds. The van der Waals surface area contributed by atoms with E-state index in [-0.39, 0.29) is 23.7 Å². The van der Waals surface area contributed by atoms with Gasteiger partial charge in [-0.15, -0.1) is 11.3 Å². The van der Waals surface area contributed by atoms with Crippen molar-refractivity contribution in [2.24, 2.45) is 5.73 Å². The average molecular weight is 275 g/mol. The third kappa shape index (κ3) is 4.57. The standard InChI is InChI=1S/C11H17NO3S2/c1-2-17(14,15)8-4-5-9(13)11(12)10-6-3-7-16-10/h3,6-7,11H,2,4-5,8,12H2,1H3. The quantitative estimate of drug-likeness (QED) is 0.818. The highest BCUT2D eigenvalue weighted by Crippen LogP contribution is 2.19. The molecule has 2 N–H and O–H groups in total. The summed E-state index contributed by atoms with van der Waals surface area (Å²) in [6.45, 7) is 1.61. The van der Waals surface area contributed by atoms with Crippen LogP contribution in [0.25, 0.3) is 0 Å². The topological polar surface area (TPSA) is 77.2 Å². The fraction of sp³-hybridized carbons (Fsp3) is 0.545. The number of hydrogen-bond donors (Lipinski definition) is 1. The number of nitrogens with two attached hydrogens (primary N) is 1. The van der Waals surface area contributed by atoms with Gasteiger partial charge in [-0.05, 0) is 17.9 Å². The number of sulfone groups is 1. The van der Waals surface area contributed by atoms with Crippen molar-refractivity contribution >= 4 is 27.0 Å². The van der Waals surface area contributed by atoms with Crippen LogP contribution in [-0.4, -0.2) is 25.7 Å². The zero-order chi connectivity index (χ0) is 12.9. The van der Waals surface area contributed by atoms with Gasteiger partial charge in [0, 0.05) is 17.1 Å². The minimum absolute atomic E-state index is 0.0619. The summed E-state index contributed by atoms with van der Waals surface area (Å²) in [6.07, 6.45) is 0.576. The second-order valence-electron chi connectivity index (χ2n) is 3.80. The molecule has 17 heavy (non-hydrogen) atoms. The van der Waals surface area contributed by atoms with Crippen LogP contribution >= 0.6 is 11.3 Å². The maximum atomic E-state index is 11.7. The lowest BCUT2D eigenvalue weighted by molar-refractivity contribution is -0.120. The van der Waals surface area contributed by atoms with Gasteiger partial charge in [-0.3, -0.25) is 4.79 Å². The highest BCUT2D eigenvalue weighted by atomic mass is 32.2. The van der Waals surface area contributed by atoms with E-state index < -0.39 is 15.9 Å². The molecule has 1 heterocycles. The lowest BCUT2D eigenvalue weighted by Gasteiger charge is -2.08.